The third kappa shape index (κ3) is 3.16. The molecule has 1 aromatic carbocycles. The number of hydrogen-bond acceptors (Lipinski definition) is 2. The summed E-state index contributed by atoms with van der Waals surface area (Å²) < 4.78 is 0. The highest BCUT2D eigenvalue weighted by Crippen LogP contribution is 2.44. The zero-order valence-electron chi connectivity index (χ0n) is 11.2. The van der Waals surface area contributed by atoms with Crippen molar-refractivity contribution in [1.82, 2.24) is 0 Å². The molecule has 0 aromatic heterocycles. The maximum atomic E-state index is 9.50. The van der Waals surface area contributed by atoms with Gasteiger partial charge in [-0.1, -0.05) is 43.7 Å². The Labute approximate surface area is 119 Å². The topological polar surface area (TPSA) is 47.6 Å². The molecule has 98 valence electrons. The molecule has 1 aromatic rings. The summed E-state index contributed by atoms with van der Waals surface area (Å²) in [5, 5.41) is 19.6. The van der Waals surface area contributed by atoms with E-state index in [0.717, 1.165) is 5.56 Å². The molecule has 0 saturated heterocycles. The monoisotopic (exact) mass is 272 g/mol. The molecule has 0 N–H and O–H groups in total. The first-order chi connectivity index (χ1) is 9.00. The number of rotatable bonds is 5. The highest BCUT2D eigenvalue weighted by atomic mass is 35.5. The van der Waals surface area contributed by atoms with Crippen LogP contribution in [0.1, 0.15) is 31.7 Å². The van der Waals surface area contributed by atoms with Crippen molar-refractivity contribution in [3.05, 3.63) is 47.5 Å². The molecule has 0 aliphatic rings. The van der Waals surface area contributed by atoms with Crippen molar-refractivity contribution in [3.8, 4) is 12.1 Å². The maximum absolute atomic E-state index is 9.50. The van der Waals surface area contributed by atoms with Crippen molar-refractivity contribution in [3.63, 3.8) is 0 Å². The predicted molar refractivity (Wildman–Crippen MR) is 77.5 cm³/mol. The van der Waals surface area contributed by atoms with Gasteiger partial charge in [0.1, 0.15) is 0 Å². The van der Waals surface area contributed by atoms with Crippen LogP contribution in [0.4, 0.5) is 0 Å². The summed E-state index contributed by atoms with van der Waals surface area (Å²) in [7, 11) is 0. The van der Waals surface area contributed by atoms with Crippen molar-refractivity contribution in [1.29, 1.82) is 10.5 Å². The molecule has 19 heavy (non-hydrogen) atoms. The fraction of sp³-hybridized carbons (Fsp3) is 0.375. The van der Waals surface area contributed by atoms with E-state index in [1.54, 1.807) is 12.1 Å². The molecule has 0 spiro atoms. The highest BCUT2D eigenvalue weighted by molar-refractivity contribution is 6.30. The second-order valence-corrected chi connectivity index (χ2v) is 5.40. The number of hydrogen-bond donors (Lipinski definition) is 0. The fourth-order valence-electron chi connectivity index (χ4n) is 2.55. The van der Waals surface area contributed by atoms with Gasteiger partial charge in [0.15, 0.2) is 5.41 Å². The Kier molecular flexibility index (Phi) is 5.16. The zero-order chi connectivity index (χ0) is 14.5. The zero-order valence-corrected chi connectivity index (χ0v) is 12.0. The summed E-state index contributed by atoms with van der Waals surface area (Å²) in [4.78, 5) is 0. The highest BCUT2D eigenvalue weighted by Gasteiger charge is 2.41. The smallest absolute Gasteiger partial charge is 0.154 e. The minimum absolute atomic E-state index is 0.151. The molecule has 1 rings (SSSR count). The van der Waals surface area contributed by atoms with Gasteiger partial charge in [-0.3, -0.25) is 0 Å². The standard InChI is InChI=1S/C16H17ClN2/c1-4-8-16(10-18,11-19)15(12(2)3)13-6-5-7-14(17)9-13/h4-7,9,12,15H,1,8H2,2-3H3. The molecule has 3 heteroatoms. The van der Waals surface area contributed by atoms with Crippen molar-refractivity contribution in [2.45, 2.75) is 26.2 Å². The number of nitriles is 2. The molecule has 0 saturated carbocycles. The molecule has 0 aliphatic carbocycles. The van der Waals surface area contributed by atoms with Gasteiger partial charge in [-0.25, -0.2) is 0 Å². The molecular weight excluding hydrogens is 256 g/mol. The molecule has 0 aliphatic heterocycles. The minimum atomic E-state index is -1.10. The van der Waals surface area contributed by atoms with Crippen LogP contribution < -0.4 is 0 Å². The SMILES string of the molecule is C=CCC(C#N)(C#N)C(c1cccc(Cl)c1)C(C)C. The normalized spacial score (nSPS) is 12.5. The summed E-state index contributed by atoms with van der Waals surface area (Å²) >= 11 is 6.02. The van der Waals surface area contributed by atoms with E-state index in [9.17, 15) is 10.5 Å². The van der Waals surface area contributed by atoms with Gasteiger partial charge in [-0.15, -0.1) is 6.58 Å². The summed E-state index contributed by atoms with van der Waals surface area (Å²) in [5.41, 5.74) is -0.173. The van der Waals surface area contributed by atoms with Crippen LogP contribution in [0.3, 0.4) is 0 Å². The molecule has 1 atom stereocenters. The molecule has 2 nitrogen and oxygen atoms in total. The van der Waals surface area contributed by atoms with E-state index in [2.05, 4.69) is 18.7 Å². The molecule has 0 bridgehead atoms. The Morgan fingerprint density at radius 3 is 2.42 bits per heavy atom. The lowest BCUT2D eigenvalue weighted by Crippen LogP contribution is -2.29. The maximum Gasteiger partial charge on any atom is 0.154 e. The van der Waals surface area contributed by atoms with Crippen molar-refractivity contribution in [2.24, 2.45) is 11.3 Å². The van der Waals surface area contributed by atoms with Gasteiger partial charge < -0.3 is 0 Å². The molecule has 0 heterocycles. The molecular formula is C16H17ClN2. The number of nitrogens with zero attached hydrogens (tertiary/aromatic N) is 2. The van der Waals surface area contributed by atoms with Gasteiger partial charge >= 0.3 is 0 Å². The van der Waals surface area contributed by atoms with Gasteiger partial charge in [0.2, 0.25) is 0 Å². The molecule has 0 amide bonds. The van der Waals surface area contributed by atoms with Crippen LogP contribution in [0, 0.1) is 34.0 Å². The van der Waals surface area contributed by atoms with Crippen LogP contribution in [0.15, 0.2) is 36.9 Å². The van der Waals surface area contributed by atoms with E-state index < -0.39 is 5.41 Å². The predicted octanol–water partition coefficient (Wildman–Crippen LogP) is 4.69. The largest absolute Gasteiger partial charge is 0.197 e. The quantitative estimate of drug-likeness (QED) is 0.730. The molecule has 0 fully saturated rings. The minimum Gasteiger partial charge on any atom is -0.197 e. The first kappa shape index (κ1) is 15.3. The van der Waals surface area contributed by atoms with Gasteiger partial charge in [0.25, 0.3) is 0 Å². The lowest BCUT2D eigenvalue weighted by atomic mass is 9.67. The van der Waals surface area contributed by atoms with Gasteiger partial charge in [-0.05, 0) is 30.0 Å². The average molecular weight is 273 g/mol. The van der Waals surface area contributed by atoms with Crippen LogP contribution in [0.2, 0.25) is 5.02 Å². The Balaban J connectivity index is 3.39. The summed E-state index contributed by atoms with van der Waals surface area (Å²) in [6, 6.07) is 11.8. The second kappa shape index (κ2) is 6.41. The van der Waals surface area contributed by atoms with Crippen molar-refractivity contribution < 1.29 is 0 Å². The van der Waals surface area contributed by atoms with Gasteiger partial charge in [0, 0.05) is 10.9 Å². The number of halogens is 1. The van der Waals surface area contributed by atoms with E-state index in [0.29, 0.717) is 11.4 Å². The summed E-state index contributed by atoms with van der Waals surface area (Å²) in [6.07, 6.45) is 1.97. The molecule has 1 unspecified atom stereocenters. The first-order valence-corrected chi connectivity index (χ1v) is 6.57. The van der Waals surface area contributed by atoms with E-state index in [-0.39, 0.29) is 11.8 Å². The Bertz CT molecular complexity index is 520. The fourth-order valence-corrected chi connectivity index (χ4v) is 2.75. The average Bonchev–Trinajstić information content (AvgIpc) is 2.37. The second-order valence-electron chi connectivity index (χ2n) is 4.96. The Morgan fingerprint density at radius 2 is 2.00 bits per heavy atom. The van der Waals surface area contributed by atoms with Crippen LogP contribution in [0.25, 0.3) is 0 Å². The van der Waals surface area contributed by atoms with Crippen molar-refractivity contribution in [2.75, 3.05) is 0 Å². The molecule has 0 radical (unpaired) electrons. The third-order valence-corrected chi connectivity index (χ3v) is 3.51. The Morgan fingerprint density at radius 1 is 1.37 bits per heavy atom. The first-order valence-electron chi connectivity index (χ1n) is 6.19. The van der Waals surface area contributed by atoms with E-state index >= 15 is 0 Å². The van der Waals surface area contributed by atoms with Crippen LogP contribution in [0.5, 0.6) is 0 Å². The number of benzene rings is 1. The Hall–Kier alpha value is -1.77. The third-order valence-electron chi connectivity index (χ3n) is 3.27. The van der Waals surface area contributed by atoms with E-state index in [4.69, 9.17) is 11.6 Å². The van der Waals surface area contributed by atoms with E-state index in [1.807, 2.05) is 32.0 Å². The summed E-state index contributed by atoms with van der Waals surface area (Å²) in [6.45, 7) is 7.69. The lowest BCUT2D eigenvalue weighted by Gasteiger charge is -2.32. The summed E-state index contributed by atoms with van der Waals surface area (Å²) in [5.74, 6) is -0.0445. The van der Waals surface area contributed by atoms with E-state index in [1.165, 1.54) is 0 Å². The van der Waals surface area contributed by atoms with Gasteiger partial charge in [0.05, 0.1) is 12.1 Å². The van der Waals surface area contributed by atoms with Crippen LogP contribution >= 0.6 is 11.6 Å². The van der Waals surface area contributed by atoms with Crippen LogP contribution in [-0.2, 0) is 0 Å². The van der Waals surface area contributed by atoms with Gasteiger partial charge in [-0.2, -0.15) is 10.5 Å². The van der Waals surface area contributed by atoms with Crippen molar-refractivity contribution >= 4 is 11.6 Å². The van der Waals surface area contributed by atoms with Crippen LogP contribution in [-0.4, -0.2) is 0 Å². The number of allylic oxidation sites excluding steroid dienone is 1. The lowest BCUT2D eigenvalue weighted by molar-refractivity contribution is 0.329.